The Hall–Kier alpha value is -2.46. The fraction of sp³-hybridized carbons (Fsp3) is 0.778. The third kappa shape index (κ3) is 9.53. The van der Waals surface area contributed by atoms with Crippen LogP contribution in [0.25, 0.3) is 0 Å². The molecule has 16 atom stereocenters. The van der Waals surface area contributed by atoms with Crippen LogP contribution in [0.1, 0.15) is 100 Å². The minimum Gasteiger partial charge on any atom is -0.464 e. The molecule has 5 aliphatic heterocycles. The van der Waals surface area contributed by atoms with Crippen molar-refractivity contribution in [2.24, 2.45) is 23.7 Å². The van der Waals surface area contributed by atoms with Gasteiger partial charge in [-0.25, -0.2) is 4.79 Å². The van der Waals surface area contributed by atoms with Gasteiger partial charge >= 0.3 is 11.9 Å². The van der Waals surface area contributed by atoms with Gasteiger partial charge in [-0.3, -0.25) is 4.79 Å². The second-order valence-corrected chi connectivity index (χ2v) is 17.6. The Morgan fingerprint density at radius 3 is 2.59 bits per heavy atom. The van der Waals surface area contributed by atoms with Gasteiger partial charge < -0.3 is 52.8 Å². The minimum absolute atomic E-state index is 0.00593. The zero-order valence-corrected chi connectivity index (χ0v) is 35.9. The van der Waals surface area contributed by atoms with Crippen molar-refractivity contribution in [3.63, 3.8) is 0 Å². The number of carbonyl (C=O) groups excluding carboxylic acids is 2. The molecular weight excluding hydrogens is 748 g/mol. The second kappa shape index (κ2) is 19.1. The van der Waals surface area contributed by atoms with Crippen LogP contribution in [0.3, 0.4) is 0 Å². The lowest BCUT2D eigenvalue weighted by atomic mass is 9.71. The van der Waals surface area contributed by atoms with E-state index >= 15 is 0 Å². The van der Waals surface area contributed by atoms with Crippen molar-refractivity contribution in [2.75, 3.05) is 26.9 Å². The standard InChI is InChI=1S/C45H68O13/c1-10-25(3)40-28(6)17-18-44(58-40)22-33-20-32(57-44)16-15-27(5)39(56-37-21-35(50-9)41(30(8)54-37)52-24-36(46)51-11-2)26(4)13-12-14-31-23-53-42-38(47)29(7)19-34(43(48)55-33)45(31,42)49/h12-15,19,25-26,28,30,32-35,37-42,47,49H,10-11,16-18,20-24H2,1-9H3/b13-12+,27-15+,31-14+/t25?,26-,28-,30-,32+,33-,34?,35-,37-,38+,39-,40+,41-,42+,44+,45?/m0/s1. The average molecular weight is 817 g/mol. The van der Waals surface area contributed by atoms with Gasteiger partial charge in [0.2, 0.25) is 0 Å². The van der Waals surface area contributed by atoms with Crippen molar-refractivity contribution in [2.45, 2.75) is 173 Å². The number of allylic oxidation sites excluding steroid dienone is 2. The number of hydrogen-bond donors (Lipinski definition) is 2. The molecule has 0 aromatic carbocycles. The molecule has 3 unspecified atom stereocenters. The molecule has 13 heteroatoms. The number of carbonyl (C=O) groups is 2. The second-order valence-electron chi connectivity index (χ2n) is 17.6. The van der Waals surface area contributed by atoms with Gasteiger partial charge in [-0.1, -0.05) is 64.5 Å². The van der Waals surface area contributed by atoms with Gasteiger partial charge in [0.15, 0.2) is 12.1 Å². The lowest BCUT2D eigenvalue weighted by Crippen LogP contribution is -2.58. The number of methoxy groups -OCH3 is 1. The van der Waals surface area contributed by atoms with Crippen LogP contribution in [-0.4, -0.2) is 122 Å². The quantitative estimate of drug-likeness (QED) is 0.218. The van der Waals surface area contributed by atoms with Crippen LogP contribution in [0.15, 0.2) is 47.1 Å². The third-order valence-corrected chi connectivity index (χ3v) is 13.4. The molecule has 13 nitrogen and oxygen atoms in total. The molecule has 1 spiro atoms. The first-order valence-electron chi connectivity index (χ1n) is 21.5. The number of fused-ring (bicyclic) bond motifs is 2. The van der Waals surface area contributed by atoms with Gasteiger partial charge in [-0.05, 0) is 69.1 Å². The van der Waals surface area contributed by atoms with Crippen molar-refractivity contribution >= 4 is 11.9 Å². The van der Waals surface area contributed by atoms with Crippen molar-refractivity contribution in [1.82, 2.24) is 0 Å². The Balaban J connectivity index is 1.32. The molecule has 58 heavy (non-hydrogen) atoms. The van der Waals surface area contributed by atoms with E-state index in [-0.39, 0.29) is 37.9 Å². The van der Waals surface area contributed by atoms with Crippen LogP contribution < -0.4 is 0 Å². The summed E-state index contributed by atoms with van der Waals surface area (Å²) >= 11 is 0. The molecule has 326 valence electrons. The highest BCUT2D eigenvalue weighted by Crippen LogP contribution is 2.48. The highest BCUT2D eigenvalue weighted by Gasteiger charge is 2.60. The van der Waals surface area contributed by atoms with Crippen LogP contribution >= 0.6 is 0 Å². The van der Waals surface area contributed by atoms with Gasteiger partial charge in [0.1, 0.15) is 42.5 Å². The molecule has 0 radical (unpaired) electrons. The lowest BCUT2D eigenvalue weighted by molar-refractivity contribution is -0.340. The molecule has 2 bridgehead atoms. The van der Waals surface area contributed by atoms with E-state index in [9.17, 15) is 19.8 Å². The molecule has 0 aromatic rings. The molecule has 2 N–H and O–H groups in total. The van der Waals surface area contributed by atoms with Gasteiger partial charge in [0, 0.05) is 38.7 Å². The lowest BCUT2D eigenvalue weighted by Gasteiger charge is -2.51. The number of ether oxygens (including phenoxy) is 9. The molecule has 0 amide bonds. The van der Waals surface area contributed by atoms with E-state index in [2.05, 4.69) is 33.8 Å². The molecule has 0 saturated carbocycles. The molecule has 6 rings (SSSR count). The Bertz CT molecular complexity index is 1570. The van der Waals surface area contributed by atoms with Gasteiger partial charge in [0.25, 0.3) is 0 Å². The zero-order chi connectivity index (χ0) is 41.9. The van der Waals surface area contributed by atoms with Crippen molar-refractivity contribution < 1.29 is 62.4 Å². The monoisotopic (exact) mass is 816 g/mol. The van der Waals surface area contributed by atoms with E-state index in [1.165, 1.54) is 0 Å². The van der Waals surface area contributed by atoms with Gasteiger partial charge in [0.05, 0.1) is 43.7 Å². The first-order valence-corrected chi connectivity index (χ1v) is 21.5. The summed E-state index contributed by atoms with van der Waals surface area (Å²) in [6.07, 6.45) is 8.23. The Kier molecular flexibility index (Phi) is 14.8. The summed E-state index contributed by atoms with van der Waals surface area (Å²) in [7, 11) is 1.61. The molecule has 5 heterocycles. The smallest absolute Gasteiger partial charge is 0.332 e. The fourth-order valence-corrected chi connectivity index (χ4v) is 9.86. The average Bonchev–Trinajstić information content (AvgIpc) is 3.53. The van der Waals surface area contributed by atoms with Crippen molar-refractivity contribution in [1.29, 1.82) is 0 Å². The van der Waals surface area contributed by atoms with Crippen LogP contribution in [0.5, 0.6) is 0 Å². The molecule has 4 fully saturated rings. The van der Waals surface area contributed by atoms with Crippen LogP contribution in [0.4, 0.5) is 0 Å². The number of esters is 2. The summed E-state index contributed by atoms with van der Waals surface area (Å²) in [4.78, 5) is 26.4. The van der Waals surface area contributed by atoms with Gasteiger partial charge in [-0.15, -0.1) is 0 Å². The predicted molar refractivity (Wildman–Crippen MR) is 213 cm³/mol. The summed E-state index contributed by atoms with van der Waals surface area (Å²) < 4.78 is 56.3. The summed E-state index contributed by atoms with van der Waals surface area (Å²) in [6, 6.07) is 0. The van der Waals surface area contributed by atoms with Crippen LogP contribution in [-0.2, 0) is 52.2 Å². The van der Waals surface area contributed by atoms with E-state index in [4.69, 9.17) is 42.6 Å². The van der Waals surface area contributed by atoms with E-state index in [0.717, 1.165) is 18.4 Å². The number of rotatable bonds is 9. The minimum atomic E-state index is -1.82. The predicted octanol–water partition coefficient (Wildman–Crippen LogP) is 5.65. The molecule has 1 aliphatic carbocycles. The van der Waals surface area contributed by atoms with Gasteiger partial charge in [-0.2, -0.15) is 0 Å². The topological polar surface area (TPSA) is 158 Å². The summed E-state index contributed by atoms with van der Waals surface area (Å²) in [6.45, 7) is 16.2. The maximum atomic E-state index is 14.3. The summed E-state index contributed by atoms with van der Waals surface area (Å²) in [5.74, 6) is -2.54. The molecule has 6 aliphatic rings. The molecule has 4 saturated heterocycles. The summed E-state index contributed by atoms with van der Waals surface area (Å²) in [5, 5.41) is 23.6. The maximum Gasteiger partial charge on any atom is 0.332 e. The maximum absolute atomic E-state index is 14.3. The van der Waals surface area contributed by atoms with E-state index in [1.54, 1.807) is 33.1 Å². The normalized spacial score (nSPS) is 45.1. The van der Waals surface area contributed by atoms with E-state index < -0.39 is 78.3 Å². The highest BCUT2D eigenvalue weighted by atomic mass is 16.7. The molecular formula is C45H68O13. The van der Waals surface area contributed by atoms with Crippen molar-refractivity contribution in [3.05, 3.63) is 47.1 Å². The number of hydrogen-bond acceptors (Lipinski definition) is 13. The summed E-state index contributed by atoms with van der Waals surface area (Å²) in [5.41, 5.74) is 0.173. The van der Waals surface area contributed by atoms with Crippen molar-refractivity contribution in [3.8, 4) is 0 Å². The Labute approximate surface area is 344 Å². The van der Waals surface area contributed by atoms with E-state index in [0.29, 0.717) is 55.1 Å². The van der Waals surface area contributed by atoms with E-state index in [1.807, 2.05) is 26.0 Å². The Morgan fingerprint density at radius 1 is 1.09 bits per heavy atom. The number of aliphatic hydroxyl groups is 2. The largest absolute Gasteiger partial charge is 0.464 e. The first-order chi connectivity index (χ1) is 27.6. The SMILES string of the molecule is CCOC(=O)CO[C@H]1[C@H](C)O[C@@H](O[C@@H]2/C(C)=C/C[C@@H]3C[C@@H](C[C@]4(CC[C@H](C)[C@@H](C(C)CC)O4)O3)OC(=O)C3C=C(C)[C@@H](O)[C@H]4OC/C(=C\C=C\[C@@H]2C)C34O)C[C@@H]1OC. The fourth-order valence-electron chi connectivity index (χ4n) is 9.86. The number of aliphatic hydroxyl groups excluding tert-OH is 1. The third-order valence-electron chi connectivity index (χ3n) is 13.4. The zero-order valence-electron chi connectivity index (χ0n) is 35.9. The molecule has 0 aromatic heterocycles. The Morgan fingerprint density at radius 2 is 1.86 bits per heavy atom. The highest BCUT2D eigenvalue weighted by molar-refractivity contribution is 5.78. The first kappa shape index (κ1) is 45.1. The van der Waals surface area contributed by atoms with Crippen LogP contribution in [0, 0.1) is 23.7 Å². The van der Waals surface area contributed by atoms with Crippen LogP contribution in [0.2, 0.25) is 0 Å².